The van der Waals surface area contributed by atoms with E-state index < -0.39 is 0 Å². The van der Waals surface area contributed by atoms with E-state index in [2.05, 4.69) is 4.99 Å². The molecule has 0 aromatic rings. The molecule has 0 aromatic carbocycles. The summed E-state index contributed by atoms with van der Waals surface area (Å²) in [6, 6.07) is 0.130. The number of hydrogen-bond donors (Lipinski definition) is 0. The zero-order chi connectivity index (χ0) is 7.56. The van der Waals surface area contributed by atoms with Crippen molar-refractivity contribution >= 4 is 6.21 Å². The summed E-state index contributed by atoms with van der Waals surface area (Å²) in [5.74, 6) is -0.138. The van der Waals surface area contributed by atoms with Crippen LogP contribution in [0, 0.1) is 0 Å². The summed E-state index contributed by atoms with van der Waals surface area (Å²) in [5, 5.41) is 0. The molecule has 3 heteroatoms. The fraction of sp³-hybridized carbons (Fsp3) is 0.571. The minimum absolute atomic E-state index is 0.130. The van der Waals surface area contributed by atoms with E-state index in [-0.39, 0.29) is 11.9 Å². The fourth-order valence-electron chi connectivity index (χ4n) is 0.844. The maximum absolute atomic E-state index is 12.5. The third-order valence-corrected chi connectivity index (χ3v) is 1.54. The summed E-state index contributed by atoms with van der Waals surface area (Å²) in [6.45, 7) is 0. The molecular formula is C7H11FN2. The van der Waals surface area contributed by atoms with Gasteiger partial charge in [0.15, 0.2) is 0 Å². The molecule has 1 unspecified atom stereocenters. The van der Waals surface area contributed by atoms with Crippen molar-refractivity contribution in [2.75, 3.05) is 14.1 Å². The van der Waals surface area contributed by atoms with Crippen molar-refractivity contribution in [3.05, 3.63) is 12.0 Å². The molecule has 0 radical (unpaired) electrons. The fourth-order valence-corrected chi connectivity index (χ4v) is 0.844. The Kier molecular flexibility index (Phi) is 2.17. The molecule has 0 N–H and O–H groups in total. The standard InChI is InChI=1S/C7H11FN2/c1-10(2)7-3-6(8)4-9-5-7/h4-5,7H,3H2,1-2H3. The van der Waals surface area contributed by atoms with Gasteiger partial charge in [-0.2, -0.15) is 0 Å². The van der Waals surface area contributed by atoms with E-state index in [1.807, 2.05) is 19.0 Å². The third kappa shape index (κ3) is 1.64. The topological polar surface area (TPSA) is 15.6 Å². The van der Waals surface area contributed by atoms with Crippen LogP contribution in [0.1, 0.15) is 6.42 Å². The first-order valence-corrected chi connectivity index (χ1v) is 3.24. The van der Waals surface area contributed by atoms with Crippen LogP contribution >= 0.6 is 0 Å². The van der Waals surface area contributed by atoms with Gasteiger partial charge in [0.25, 0.3) is 0 Å². The molecule has 0 fully saturated rings. The van der Waals surface area contributed by atoms with Crippen molar-refractivity contribution in [1.29, 1.82) is 0 Å². The van der Waals surface area contributed by atoms with E-state index in [1.54, 1.807) is 6.21 Å². The summed E-state index contributed by atoms with van der Waals surface area (Å²) in [7, 11) is 3.82. The van der Waals surface area contributed by atoms with Crippen molar-refractivity contribution in [3.63, 3.8) is 0 Å². The molecule has 0 aliphatic carbocycles. The lowest BCUT2D eigenvalue weighted by Gasteiger charge is -2.20. The maximum Gasteiger partial charge on any atom is 0.120 e. The van der Waals surface area contributed by atoms with Gasteiger partial charge in [0.05, 0.1) is 12.2 Å². The third-order valence-electron chi connectivity index (χ3n) is 1.54. The number of halogens is 1. The lowest BCUT2D eigenvalue weighted by atomic mass is 10.2. The summed E-state index contributed by atoms with van der Waals surface area (Å²) in [6.07, 6.45) is 3.47. The Morgan fingerprint density at radius 3 is 2.80 bits per heavy atom. The normalized spacial score (nSPS) is 25.2. The van der Waals surface area contributed by atoms with Crippen LogP contribution in [0.3, 0.4) is 0 Å². The molecule has 1 rings (SSSR count). The molecule has 0 aromatic heterocycles. The van der Waals surface area contributed by atoms with Gasteiger partial charge in [-0.15, -0.1) is 0 Å². The van der Waals surface area contributed by atoms with Crippen LogP contribution in [0.4, 0.5) is 4.39 Å². The van der Waals surface area contributed by atoms with E-state index >= 15 is 0 Å². The van der Waals surface area contributed by atoms with E-state index in [0.29, 0.717) is 6.42 Å². The molecule has 2 nitrogen and oxygen atoms in total. The minimum Gasteiger partial charge on any atom is -0.301 e. The molecule has 1 atom stereocenters. The van der Waals surface area contributed by atoms with Gasteiger partial charge in [0.1, 0.15) is 5.83 Å². The molecular weight excluding hydrogens is 131 g/mol. The summed E-state index contributed by atoms with van der Waals surface area (Å²) >= 11 is 0. The van der Waals surface area contributed by atoms with Gasteiger partial charge in [-0.05, 0) is 14.1 Å². The minimum atomic E-state index is -0.138. The summed E-state index contributed by atoms with van der Waals surface area (Å²) < 4.78 is 12.5. The Morgan fingerprint density at radius 1 is 1.70 bits per heavy atom. The van der Waals surface area contributed by atoms with Gasteiger partial charge in [0.2, 0.25) is 0 Å². The van der Waals surface area contributed by atoms with Gasteiger partial charge in [-0.3, -0.25) is 4.99 Å². The Hall–Kier alpha value is -0.700. The highest BCUT2D eigenvalue weighted by atomic mass is 19.1. The predicted molar refractivity (Wildman–Crippen MR) is 39.8 cm³/mol. The largest absolute Gasteiger partial charge is 0.301 e. The molecule has 1 aliphatic heterocycles. The van der Waals surface area contributed by atoms with Crippen LogP contribution in [-0.2, 0) is 0 Å². The van der Waals surface area contributed by atoms with Crippen LogP contribution in [-0.4, -0.2) is 31.3 Å². The average molecular weight is 142 g/mol. The van der Waals surface area contributed by atoms with Gasteiger partial charge in [0, 0.05) is 12.6 Å². The molecule has 10 heavy (non-hydrogen) atoms. The smallest absolute Gasteiger partial charge is 0.120 e. The molecule has 1 heterocycles. The zero-order valence-electron chi connectivity index (χ0n) is 6.21. The predicted octanol–water partition coefficient (Wildman–Crippen LogP) is 1.20. The SMILES string of the molecule is CN(C)C1C=NC=C(F)C1. The Labute approximate surface area is 60.1 Å². The highest BCUT2D eigenvalue weighted by Crippen LogP contribution is 2.12. The molecule has 0 saturated heterocycles. The maximum atomic E-state index is 12.5. The van der Waals surface area contributed by atoms with Crippen molar-refractivity contribution in [1.82, 2.24) is 4.90 Å². The highest BCUT2D eigenvalue weighted by molar-refractivity contribution is 5.66. The highest BCUT2D eigenvalue weighted by Gasteiger charge is 2.13. The average Bonchev–Trinajstić information content (AvgIpc) is 1.88. The molecule has 0 spiro atoms. The van der Waals surface area contributed by atoms with E-state index in [1.165, 1.54) is 6.20 Å². The first-order chi connectivity index (χ1) is 4.70. The first-order valence-electron chi connectivity index (χ1n) is 3.24. The second-order valence-electron chi connectivity index (χ2n) is 2.61. The monoisotopic (exact) mass is 142 g/mol. The number of hydrogen-bond acceptors (Lipinski definition) is 2. The van der Waals surface area contributed by atoms with Crippen LogP contribution in [0.15, 0.2) is 17.0 Å². The van der Waals surface area contributed by atoms with Crippen molar-refractivity contribution in [3.8, 4) is 0 Å². The first kappa shape index (κ1) is 7.41. The quantitative estimate of drug-likeness (QED) is 0.537. The van der Waals surface area contributed by atoms with E-state index in [4.69, 9.17) is 0 Å². The number of nitrogens with zero attached hydrogens (tertiary/aromatic N) is 2. The number of aliphatic imine (C=N–C) groups is 1. The van der Waals surface area contributed by atoms with E-state index in [9.17, 15) is 4.39 Å². The van der Waals surface area contributed by atoms with Gasteiger partial charge in [-0.1, -0.05) is 0 Å². The Morgan fingerprint density at radius 2 is 2.40 bits per heavy atom. The van der Waals surface area contributed by atoms with Crippen molar-refractivity contribution in [2.45, 2.75) is 12.5 Å². The molecule has 0 saturated carbocycles. The zero-order valence-corrected chi connectivity index (χ0v) is 6.21. The van der Waals surface area contributed by atoms with Crippen LogP contribution in [0.2, 0.25) is 0 Å². The van der Waals surface area contributed by atoms with Crippen LogP contribution < -0.4 is 0 Å². The summed E-state index contributed by atoms with van der Waals surface area (Å²) in [4.78, 5) is 5.70. The lowest BCUT2D eigenvalue weighted by molar-refractivity contribution is 0.345. The molecule has 56 valence electrons. The number of rotatable bonds is 1. The Balaban J connectivity index is 2.55. The molecule has 1 aliphatic rings. The Bertz CT molecular complexity index is 172. The molecule has 0 amide bonds. The van der Waals surface area contributed by atoms with Crippen molar-refractivity contribution in [2.24, 2.45) is 4.99 Å². The van der Waals surface area contributed by atoms with E-state index in [0.717, 1.165) is 0 Å². The molecule has 0 bridgehead atoms. The van der Waals surface area contributed by atoms with Gasteiger partial charge < -0.3 is 4.90 Å². The van der Waals surface area contributed by atoms with Gasteiger partial charge in [-0.25, -0.2) is 4.39 Å². The van der Waals surface area contributed by atoms with Crippen LogP contribution in [0.5, 0.6) is 0 Å². The second kappa shape index (κ2) is 2.92. The second-order valence-corrected chi connectivity index (χ2v) is 2.61. The van der Waals surface area contributed by atoms with Crippen molar-refractivity contribution < 1.29 is 4.39 Å². The lowest BCUT2D eigenvalue weighted by Crippen LogP contribution is -2.30. The van der Waals surface area contributed by atoms with Crippen LogP contribution in [0.25, 0.3) is 0 Å². The van der Waals surface area contributed by atoms with Gasteiger partial charge >= 0.3 is 0 Å². The summed E-state index contributed by atoms with van der Waals surface area (Å²) in [5.41, 5.74) is 0.